The molecule has 1 heterocycles. The Balaban J connectivity index is 2.05. The number of ether oxygens (including phenoxy) is 1. The highest BCUT2D eigenvalue weighted by Crippen LogP contribution is 2.24. The highest BCUT2D eigenvalue weighted by Gasteiger charge is 2.27. The molecule has 1 atom stereocenters. The van der Waals surface area contributed by atoms with Crippen molar-refractivity contribution in [1.29, 1.82) is 0 Å². The predicted molar refractivity (Wildman–Crippen MR) is 86.6 cm³/mol. The van der Waals surface area contributed by atoms with Gasteiger partial charge in [0.05, 0.1) is 19.3 Å². The third-order valence-electron chi connectivity index (χ3n) is 4.19. The maximum Gasteiger partial charge on any atom is 0.257 e. The Morgan fingerprint density at radius 2 is 2.05 bits per heavy atom. The number of halogens is 1. The first kappa shape index (κ1) is 17.1. The molecule has 0 radical (unpaired) electrons. The van der Waals surface area contributed by atoms with E-state index >= 15 is 0 Å². The summed E-state index contributed by atoms with van der Waals surface area (Å²) in [6, 6.07) is 5.25. The number of amides is 1. The van der Waals surface area contributed by atoms with E-state index in [4.69, 9.17) is 16.3 Å². The summed E-state index contributed by atoms with van der Waals surface area (Å²) < 4.78 is 5.26. The van der Waals surface area contributed by atoms with Crippen molar-refractivity contribution < 1.29 is 14.6 Å². The summed E-state index contributed by atoms with van der Waals surface area (Å²) >= 11 is 6.00. The molecule has 1 aliphatic rings. The molecule has 1 aromatic carbocycles. The van der Waals surface area contributed by atoms with Gasteiger partial charge in [0.25, 0.3) is 5.91 Å². The van der Waals surface area contributed by atoms with Crippen LogP contribution in [0.2, 0.25) is 5.02 Å². The van der Waals surface area contributed by atoms with Gasteiger partial charge in [-0.2, -0.15) is 0 Å². The zero-order valence-electron chi connectivity index (χ0n) is 13.1. The quantitative estimate of drug-likeness (QED) is 0.897. The second-order valence-corrected chi connectivity index (χ2v) is 5.85. The molecule has 2 rings (SSSR count). The largest absolute Gasteiger partial charge is 0.496 e. The van der Waals surface area contributed by atoms with Gasteiger partial charge in [-0.1, -0.05) is 18.5 Å². The van der Waals surface area contributed by atoms with Crippen LogP contribution in [0.1, 0.15) is 23.7 Å². The Morgan fingerprint density at radius 3 is 2.59 bits per heavy atom. The van der Waals surface area contributed by atoms with Crippen LogP contribution in [-0.2, 0) is 0 Å². The molecule has 1 amide bonds. The third-order valence-corrected chi connectivity index (χ3v) is 4.43. The Labute approximate surface area is 136 Å². The van der Waals surface area contributed by atoms with Gasteiger partial charge in [0.1, 0.15) is 5.75 Å². The molecule has 0 spiro atoms. The first-order valence-electron chi connectivity index (χ1n) is 7.58. The molecule has 0 aromatic heterocycles. The molecule has 1 N–H and O–H groups in total. The lowest BCUT2D eigenvalue weighted by molar-refractivity contribution is 0.0470. The summed E-state index contributed by atoms with van der Waals surface area (Å²) in [5.74, 6) is 0.481. The zero-order valence-corrected chi connectivity index (χ0v) is 13.8. The van der Waals surface area contributed by atoms with Crippen molar-refractivity contribution in [3.05, 3.63) is 28.8 Å². The molecule has 1 unspecified atom stereocenters. The van der Waals surface area contributed by atoms with E-state index in [2.05, 4.69) is 11.8 Å². The number of carbonyl (C=O) groups is 1. The molecule has 1 fully saturated rings. The lowest BCUT2D eigenvalue weighted by Crippen LogP contribution is -2.52. The number of rotatable bonds is 5. The highest BCUT2D eigenvalue weighted by molar-refractivity contribution is 6.31. The van der Waals surface area contributed by atoms with Gasteiger partial charge in [-0.05, 0) is 24.6 Å². The van der Waals surface area contributed by atoms with Crippen molar-refractivity contribution in [1.82, 2.24) is 9.80 Å². The molecular formula is C16H23ClN2O3. The van der Waals surface area contributed by atoms with Crippen LogP contribution in [0, 0.1) is 0 Å². The van der Waals surface area contributed by atoms with Crippen molar-refractivity contribution in [3.63, 3.8) is 0 Å². The van der Waals surface area contributed by atoms with Crippen LogP contribution in [0.25, 0.3) is 0 Å². The smallest absolute Gasteiger partial charge is 0.257 e. The Morgan fingerprint density at radius 1 is 1.36 bits per heavy atom. The zero-order chi connectivity index (χ0) is 16.1. The second-order valence-electron chi connectivity index (χ2n) is 5.42. The normalized spacial score (nSPS) is 17.4. The molecule has 0 bridgehead atoms. The van der Waals surface area contributed by atoms with Crippen molar-refractivity contribution in [2.45, 2.75) is 19.4 Å². The number of nitrogens with zero attached hydrogens (tertiary/aromatic N) is 2. The molecule has 122 valence electrons. The van der Waals surface area contributed by atoms with Crippen LogP contribution in [0.4, 0.5) is 0 Å². The maximum absolute atomic E-state index is 12.7. The van der Waals surface area contributed by atoms with Crippen LogP contribution < -0.4 is 4.74 Å². The molecule has 0 aliphatic carbocycles. The Bertz CT molecular complexity index is 512. The standard InChI is InChI=1S/C16H23ClN2O3/c1-3-13(11-20)18-6-8-19(9-7-18)16(21)14-10-12(17)4-5-15(14)22-2/h4-5,10,13,20H,3,6-9,11H2,1-2H3. The predicted octanol–water partition coefficient (Wildman–Crippen LogP) is 1.88. The Hall–Kier alpha value is -1.30. The van der Waals surface area contributed by atoms with E-state index < -0.39 is 0 Å². The number of hydrogen-bond acceptors (Lipinski definition) is 4. The molecule has 1 aliphatic heterocycles. The second kappa shape index (κ2) is 7.81. The fraction of sp³-hybridized carbons (Fsp3) is 0.562. The van der Waals surface area contributed by atoms with Crippen LogP contribution in [0.5, 0.6) is 5.75 Å². The minimum absolute atomic E-state index is 0.0592. The van der Waals surface area contributed by atoms with Gasteiger partial charge >= 0.3 is 0 Å². The summed E-state index contributed by atoms with van der Waals surface area (Å²) in [4.78, 5) is 16.7. The SMILES string of the molecule is CCC(CO)N1CCN(C(=O)c2cc(Cl)ccc2OC)CC1. The number of methoxy groups -OCH3 is 1. The first-order valence-corrected chi connectivity index (χ1v) is 7.96. The van der Waals surface area contributed by atoms with Crippen molar-refractivity contribution in [2.75, 3.05) is 39.9 Å². The topological polar surface area (TPSA) is 53.0 Å². The summed E-state index contributed by atoms with van der Waals surface area (Å²) in [7, 11) is 1.55. The molecule has 0 saturated carbocycles. The average molecular weight is 327 g/mol. The monoisotopic (exact) mass is 326 g/mol. The van der Waals surface area contributed by atoms with E-state index in [0.29, 0.717) is 29.4 Å². The first-order chi connectivity index (χ1) is 10.6. The third kappa shape index (κ3) is 3.72. The highest BCUT2D eigenvalue weighted by atomic mass is 35.5. The van der Waals surface area contributed by atoms with Gasteiger partial charge in [0.15, 0.2) is 0 Å². The summed E-state index contributed by atoms with van der Waals surface area (Å²) in [6.07, 6.45) is 0.909. The van der Waals surface area contributed by atoms with E-state index in [9.17, 15) is 9.90 Å². The number of piperazine rings is 1. The Kier molecular flexibility index (Phi) is 6.06. The van der Waals surface area contributed by atoms with Gasteiger partial charge in [0.2, 0.25) is 0 Å². The molecule has 1 saturated heterocycles. The lowest BCUT2D eigenvalue weighted by atomic mass is 10.1. The molecular weight excluding hydrogens is 304 g/mol. The van der Waals surface area contributed by atoms with Crippen molar-refractivity contribution in [3.8, 4) is 5.75 Å². The number of carbonyl (C=O) groups excluding carboxylic acids is 1. The van der Waals surface area contributed by atoms with Crippen molar-refractivity contribution in [2.24, 2.45) is 0 Å². The number of aliphatic hydroxyl groups excluding tert-OH is 1. The molecule has 6 heteroatoms. The number of aliphatic hydroxyl groups is 1. The van der Waals surface area contributed by atoms with Crippen molar-refractivity contribution >= 4 is 17.5 Å². The van der Waals surface area contributed by atoms with E-state index in [1.807, 2.05) is 4.90 Å². The maximum atomic E-state index is 12.7. The average Bonchev–Trinajstić information content (AvgIpc) is 2.56. The van der Waals surface area contributed by atoms with Gasteiger partial charge in [-0.3, -0.25) is 9.69 Å². The number of benzene rings is 1. The van der Waals surface area contributed by atoms with Gasteiger partial charge in [-0.15, -0.1) is 0 Å². The van der Waals surface area contributed by atoms with Gasteiger partial charge < -0.3 is 14.7 Å². The fourth-order valence-corrected chi connectivity index (χ4v) is 2.98. The summed E-state index contributed by atoms with van der Waals surface area (Å²) in [5, 5.41) is 9.90. The van der Waals surface area contributed by atoms with Crippen LogP contribution in [0.15, 0.2) is 18.2 Å². The minimum atomic E-state index is -0.0592. The van der Waals surface area contributed by atoms with Crippen LogP contribution in [-0.4, -0.2) is 66.8 Å². The molecule has 22 heavy (non-hydrogen) atoms. The van der Waals surface area contributed by atoms with E-state index in [1.54, 1.807) is 25.3 Å². The number of hydrogen-bond donors (Lipinski definition) is 1. The van der Waals surface area contributed by atoms with Gasteiger partial charge in [0, 0.05) is 37.2 Å². The van der Waals surface area contributed by atoms with Crippen LogP contribution in [0.3, 0.4) is 0 Å². The van der Waals surface area contributed by atoms with Crippen LogP contribution >= 0.6 is 11.6 Å². The van der Waals surface area contributed by atoms with Gasteiger partial charge in [-0.25, -0.2) is 0 Å². The molecule has 5 nitrogen and oxygen atoms in total. The van der Waals surface area contributed by atoms with E-state index in [-0.39, 0.29) is 18.6 Å². The fourth-order valence-electron chi connectivity index (χ4n) is 2.81. The molecule has 1 aromatic rings. The van der Waals surface area contributed by atoms with E-state index in [1.165, 1.54) is 0 Å². The summed E-state index contributed by atoms with van der Waals surface area (Å²) in [5.41, 5.74) is 0.498. The lowest BCUT2D eigenvalue weighted by Gasteiger charge is -2.38. The van der Waals surface area contributed by atoms with E-state index in [0.717, 1.165) is 19.5 Å². The minimum Gasteiger partial charge on any atom is -0.496 e. The summed E-state index contributed by atoms with van der Waals surface area (Å²) in [6.45, 7) is 5.05.